The molecule has 1 aromatic carbocycles. The summed E-state index contributed by atoms with van der Waals surface area (Å²) in [4.78, 5) is 35.3. The summed E-state index contributed by atoms with van der Waals surface area (Å²) in [5.41, 5.74) is -0.552. The molecule has 200 valence electrons. The summed E-state index contributed by atoms with van der Waals surface area (Å²) in [5.74, 6) is -0.521. The van der Waals surface area contributed by atoms with Gasteiger partial charge >= 0.3 is 18.1 Å². The maximum atomic E-state index is 13.6. The molecule has 0 bridgehead atoms. The van der Waals surface area contributed by atoms with Crippen LogP contribution in [0.4, 0.5) is 13.2 Å². The molecule has 3 aromatic heterocycles. The summed E-state index contributed by atoms with van der Waals surface area (Å²) in [7, 11) is 1.45. The zero-order valence-corrected chi connectivity index (χ0v) is 20.5. The number of benzene rings is 1. The highest BCUT2D eigenvalue weighted by Gasteiger charge is 2.40. The number of aromatic nitrogens is 5. The fourth-order valence-electron chi connectivity index (χ4n) is 4.08. The number of fused-ring (bicyclic) bond motifs is 1. The highest BCUT2D eigenvalue weighted by atomic mass is 19.4. The van der Waals surface area contributed by atoms with Crippen molar-refractivity contribution in [3.63, 3.8) is 0 Å². The standard InChI is InChI=1S/C25H24F3N5O5/c1-15-6-7-16(29-13-15)14-33-19-20(31(2)23(35)32(21(19)34)11-10-24(36)8-9-24)30-22(33)37-17-4-3-5-18(12-17)38-25(26,27)28/h3-7,12-13,36H,8-11,14H2,1-2H3. The van der Waals surface area contributed by atoms with E-state index in [1.165, 1.54) is 28.3 Å². The van der Waals surface area contributed by atoms with E-state index in [2.05, 4.69) is 14.7 Å². The van der Waals surface area contributed by atoms with Gasteiger partial charge in [0.15, 0.2) is 11.2 Å². The van der Waals surface area contributed by atoms with E-state index in [4.69, 9.17) is 4.74 Å². The Hall–Kier alpha value is -4.13. The molecule has 4 aromatic rings. The van der Waals surface area contributed by atoms with E-state index in [9.17, 15) is 27.9 Å². The molecule has 3 heterocycles. The second kappa shape index (κ2) is 9.31. The van der Waals surface area contributed by atoms with E-state index in [-0.39, 0.29) is 42.4 Å². The van der Waals surface area contributed by atoms with E-state index in [1.807, 2.05) is 13.0 Å². The normalized spacial score (nSPS) is 14.6. The number of rotatable bonds is 8. The molecule has 1 aliphatic rings. The zero-order valence-electron chi connectivity index (χ0n) is 20.5. The third-order valence-corrected chi connectivity index (χ3v) is 6.37. The Morgan fingerprint density at radius 3 is 2.50 bits per heavy atom. The van der Waals surface area contributed by atoms with Crippen LogP contribution in [0.15, 0.2) is 52.2 Å². The molecule has 0 saturated heterocycles. The van der Waals surface area contributed by atoms with Gasteiger partial charge < -0.3 is 14.6 Å². The number of aryl methyl sites for hydroxylation is 2. The highest BCUT2D eigenvalue weighted by molar-refractivity contribution is 5.72. The fourth-order valence-corrected chi connectivity index (χ4v) is 4.08. The zero-order chi connectivity index (χ0) is 27.2. The van der Waals surface area contributed by atoms with Gasteiger partial charge in [0.2, 0.25) is 0 Å². The number of aliphatic hydroxyl groups is 1. The number of pyridine rings is 1. The van der Waals surface area contributed by atoms with Gasteiger partial charge in [0.25, 0.3) is 5.56 Å². The lowest BCUT2D eigenvalue weighted by molar-refractivity contribution is -0.274. The fraction of sp³-hybridized carbons (Fsp3) is 0.360. The quantitative estimate of drug-likeness (QED) is 0.371. The van der Waals surface area contributed by atoms with Gasteiger partial charge in [-0.25, -0.2) is 4.79 Å². The minimum Gasteiger partial charge on any atom is -0.425 e. The predicted molar refractivity (Wildman–Crippen MR) is 129 cm³/mol. The maximum absolute atomic E-state index is 13.6. The molecule has 1 saturated carbocycles. The van der Waals surface area contributed by atoms with Crippen molar-refractivity contribution >= 4 is 11.2 Å². The molecular formula is C25H24F3N5O5. The summed E-state index contributed by atoms with van der Waals surface area (Å²) in [6.45, 7) is 1.91. The van der Waals surface area contributed by atoms with E-state index in [1.54, 1.807) is 12.3 Å². The van der Waals surface area contributed by atoms with E-state index in [0.717, 1.165) is 22.3 Å². The summed E-state index contributed by atoms with van der Waals surface area (Å²) in [6.07, 6.45) is -1.78. The van der Waals surface area contributed by atoms with Crippen molar-refractivity contribution in [2.45, 2.75) is 51.2 Å². The highest BCUT2D eigenvalue weighted by Crippen LogP contribution is 2.38. The lowest BCUT2D eigenvalue weighted by Crippen LogP contribution is -2.40. The molecule has 0 unspecified atom stereocenters. The summed E-state index contributed by atoms with van der Waals surface area (Å²) >= 11 is 0. The molecule has 0 aliphatic heterocycles. The molecule has 13 heteroatoms. The molecule has 1 N–H and O–H groups in total. The van der Waals surface area contributed by atoms with Crippen molar-refractivity contribution < 1.29 is 27.8 Å². The number of alkyl halides is 3. The van der Waals surface area contributed by atoms with Crippen LogP contribution in [0.5, 0.6) is 17.5 Å². The average molecular weight is 531 g/mol. The van der Waals surface area contributed by atoms with Crippen LogP contribution in [0.25, 0.3) is 11.2 Å². The van der Waals surface area contributed by atoms with Crippen molar-refractivity contribution in [3.8, 4) is 17.5 Å². The van der Waals surface area contributed by atoms with Crippen molar-refractivity contribution in [2.24, 2.45) is 7.05 Å². The van der Waals surface area contributed by atoms with Gasteiger partial charge in [0.05, 0.1) is 17.8 Å². The van der Waals surface area contributed by atoms with Crippen LogP contribution in [-0.4, -0.2) is 40.7 Å². The Balaban J connectivity index is 1.62. The first kappa shape index (κ1) is 25.5. The van der Waals surface area contributed by atoms with Gasteiger partial charge in [-0.15, -0.1) is 13.2 Å². The second-order valence-electron chi connectivity index (χ2n) is 9.38. The van der Waals surface area contributed by atoms with Gasteiger partial charge in [-0.1, -0.05) is 12.1 Å². The van der Waals surface area contributed by atoms with Crippen LogP contribution >= 0.6 is 0 Å². The SMILES string of the molecule is Cc1ccc(Cn2c(Oc3cccc(OC(F)(F)F)c3)nc3c2c(=O)n(CCC2(O)CC2)c(=O)n3C)nc1. The lowest BCUT2D eigenvalue weighted by Gasteiger charge is -2.13. The van der Waals surface area contributed by atoms with Gasteiger partial charge in [0, 0.05) is 25.9 Å². The number of ether oxygens (including phenoxy) is 2. The summed E-state index contributed by atoms with van der Waals surface area (Å²) in [6, 6.07) is 8.35. The summed E-state index contributed by atoms with van der Waals surface area (Å²) in [5, 5.41) is 10.2. The molecule has 5 rings (SSSR count). The van der Waals surface area contributed by atoms with Crippen molar-refractivity contribution in [3.05, 3.63) is 74.7 Å². The van der Waals surface area contributed by atoms with Gasteiger partial charge in [-0.2, -0.15) is 4.98 Å². The Morgan fingerprint density at radius 1 is 1.11 bits per heavy atom. The molecule has 10 nitrogen and oxygen atoms in total. The Morgan fingerprint density at radius 2 is 1.84 bits per heavy atom. The topological polar surface area (TPSA) is 113 Å². The van der Waals surface area contributed by atoms with Gasteiger partial charge in [0.1, 0.15) is 11.5 Å². The molecule has 1 aliphatic carbocycles. The third-order valence-electron chi connectivity index (χ3n) is 6.37. The van der Waals surface area contributed by atoms with Crippen LogP contribution in [-0.2, 0) is 20.1 Å². The number of hydrogen-bond acceptors (Lipinski definition) is 7. The molecular weight excluding hydrogens is 507 g/mol. The Labute approximate surface area is 213 Å². The lowest BCUT2D eigenvalue weighted by atomic mass is 10.2. The monoisotopic (exact) mass is 531 g/mol. The van der Waals surface area contributed by atoms with Crippen molar-refractivity contribution in [1.29, 1.82) is 0 Å². The molecule has 38 heavy (non-hydrogen) atoms. The number of nitrogens with zero attached hydrogens (tertiary/aromatic N) is 5. The molecule has 0 radical (unpaired) electrons. The third kappa shape index (κ3) is 5.28. The van der Waals surface area contributed by atoms with E-state index in [0.29, 0.717) is 18.5 Å². The van der Waals surface area contributed by atoms with Crippen molar-refractivity contribution in [1.82, 2.24) is 23.7 Å². The Kier molecular flexibility index (Phi) is 6.25. The smallest absolute Gasteiger partial charge is 0.425 e. The first-order valence-electron chi connectivity index (χ1n) is 11.8. The Bertz CT molecular complexity index is 1620. The molecule has 1 fully saturated rings. The van der Waals surface area contributed by atoms with Crippen LogP contribution in [0.3, 0.4) is 0 Å². The number of imidazole rings is 1. The predicted octanol–water partition coefficient (Wildman–Crippen LogP) is 3.25. The largest absolute Gasteiger partial charge is 0.573 e. The van der Waals surface area contributed by atoms with Gasteiger partial charge in [-0.05, 0) is 49.9 Å². The molecule has 0 atom stereocenters. The first-order chi connectivity index (χ1) is 17.9. The summed E-state index contributed by atoms with van der Waals surface area (Å²) < 4.78 is 51.6. The average Bonchev–Trinajstić information content (AvgIpc) is 3.48. The van der Waals surface area contributed by atoms with Crippen LogP contribution < -0.4 is 20.7 Å². The number of halogens is 3. The van der Waals surface area contributed by atoms with Crippen LogP contribution in [0.2, 0.25) is 0 Å². The molecule has 0 amide bonds. The van der Waals surface area contributed by atoms with Crippen LogP contribution in [0.1, 0.15) is 30.5 Å². The van der Waals surface area contributed by atoms with Crippen molar-refractivity contribution in [2.75, 3.05) is 0 Å². The first-order valence-corrected chi connectivity index (χ1v) is 11.8. The van der Waals surface area contributed by atoms with Crippen LogP contribution in [0, 0.1) is 6.92 Å². The minimum absolute atomic E-state index is 0.0128. The second-order valence-corrected chi connectivity index (χ2v) is 9.38. The number of hydrogen-bond donors (Lipinski definition) is 1. The molecule has 0 spiro atoms. The minimum atomic E-state index is -4.89. The van der Waals surface area contributed by atoms with Gasteiger partial charge in [-0.3, -0.25) is 23.5 Å². The van der Waals surface area contributed by atoms with E-state index < -0.39 is 29.0 Å². The maximum Gasteiger partial charge on any atom is 0.573 e. The van der Waals surface area contributed by atoms with E-state index >= 15 is 0 Å².